The van der Waals surface area contributed by atoms with Gasteiger partial charge in [0.1, 0.15) is 11.8 Å². The van der Waals surface area contributed by atoms with Gasteiger partial charge in [-0.15, -0.1) is 0 Å². The van der Waals surface area contributed by atoms with Crippen molar-refractivity contribution in [1.82, 2.24) is 15.5 Å². The molecule has 0 spiro atoms. The van der Waals surface area contributed by atoms with Crippen LogP contribution in [-0.4, -0.2) is 42.4 Å². The highest BCUT2D eigenvalue weighted by Crippen LogP contribution is 2.24. The summed E-state index contributed by atoms with van der Waals surface area (Å²) in [6, 6.07) is 9.88. The summed E-state index contributed by atoms with van der Waals surface area (Å²) < 4.78 is 5.60. The summed E-state index contributed by atoms with van der Waals surface area (Å²) in [5.74, 6) is 0.232. The number of carbonyl (C=O) groups is 2. The molecule has 6 nitrogen and oxygen atoms in total. The lowest BCUT2D eigenvalue weighted by Gasteiger charge is -2.33. The predicted octanol–water partition coefficient (Wildman–Crippen LogP) is 3.39. The van der Waals surface area contributed by atoms with E-state index in [-0.39, 0.29) is 17.9 Å². The molecule has 0 saturated carbocycles. The molecule has 150 valence electrons. The summed E-state index contributed by atoms with van der Waals surface area (Å²) in [5, 5.41) is 6.01. The van der Waals surface area contributed by atoms with Crippen molar-refractivity contribution in [2.24, 2.45) is 0 Å². The Labute approximate surface area is 170 Å². The van der Waals surface area contributed by atoms with Crippen LogP contribution in [0.1, 0.15) is 48.3 Å². The first-order valence-electron chi connectivity index (χ1n) is 9.67. The molecule has 2 amide bonds. The number of benzene rings is 1. The number of likely N-dealkylation sites (tertiary alicyclic amines) is 1. The maximum Gasteiger partial charge on any atom is 0.253 e. The lowest BCUT2D eigenvalue weighted by atomic mass is 10.1. The van der Waals surface area contributed by atoms with Gasteiger partial charge in [0, 0.05) is 6.54 Å². The number of carbonyl (C=O) groups excluding carboxylic acids is 2. The van der Waals surface area contributed by atoms with Crippen LogP contribution >= 0.6 is 11.6 Å². The second-order valence-corrected chi connectivity index (χ2v) is 7.46. The van der Waals surface area contributed by atoms with E-state index in [0.717, 1.165) is 31.7 Å². The minimum Gasteiger partial charge on any atom is -0.468 e. The van der Waals surface area contributed by atoms with Crippen LogP contribution < -0.4 is 10.6 Å². The van der Waals surface area contributed by atoms with E-state index in [9.17, 15) is 9.59 Å². The van der Waals surface area contributed by atoms with Crippen molar-refractivity contribution in [3.05, 3.63) is 59.0 Å². The van der Waals surface area contributed by atoms with E-state index in [1.165, 1.54) is 6.42 Å². The van der Waals surface area contributed by atoms with Crippen molar-refractivity contribution >= 4 is 23.4 Å². The van der Waals surface area contributed by atoms with Gasteiger partial charge in [-0.2, -0.15) is 0 Å². The van der Waals surface area contributed by atoms with E-state index in [1.54, 1.807) is 37.5 Å². The number of piperidine rings is 1. The van der Waals surface area contributed by atoms with Crippen LogP contribution in [0.2, 0.25) is 5.02 Å². The maximum absolute atomic E-state index is 12.5. The lowest BCUT2D eigenvalue weighted by molar-refractivity contribution is -0.122. The van der Waals surface area contributed by atoms with Crippen LogP contribution in [0.25, 0.3) is 0 Å². The number of halogens is 1. The van der Waals surface area contributed by atoms with Crippen LogP contribution in [0.4, 0.5) is 0 Å². The average molecular weight is 404 g/mol. The normalized spacial score (nSPS) is 16.9. The van der Waals surface area contributed by atoms with Gasteiger partial charge in [0.05, 0.1) is 22.9 Å². The molecule has 1 aliphatic rings. The Bertz CT molecular complexity index is 788. The summed E-state index contributed by atoms with van der Waals surface area (Å²) in [7, 11) is 0. The fourth-order valence-electron chi connectivity index (χ4n) is 3.46. The molecule has 2 aromatic rings. The van der Waals surface area contributed by atoms with Gasteiger partial charge in [0.2, 0.25) is 5.91 Å². The highest BCUT2D eigenvalue weighted by Gasteiger charge is 2.26. The summed E-state index contributed by atoms with van der Waals surface area (Å²) in [6.45, 7) is 4.06. The minimum atomic E-state index is -0.678. The smallest absolute Gasteiger partial charge is 0.253 e. The number of nitrogens with zero attached hydrogens (tertiary/aromatic N) is 1. The molecule has 2 atom stereocenters. The molecule has 0 radical (unpaired) electrons. The number of nitrogens with one attached hydrogen (secondary N) is 2. The van der Waals surface area contributed by atoms with Gasteiger partial charge in [-0.05, 0) is 57.1 Å². The van der Waals surface area contributed by atoms with Gasteiger partial charge in [-0.3, -0.25) is 14.5 Å². The molecule has 3 rings (SSSR count). The summed E-state index contributed by atoms with van der Waals surface area (Å²) in [6.07, 6.45) is 5.18. The van der Waals surface area contributed by atoms with E-state index in [4.69, 9.17) is 16.0 Å². The number of amides is 2. The van der Waals surface area contributed by atoms with Crippen LogP contribution in [0.3, 0.4) is 0 Å². The van der Waals surface area contributed by atoms with Crippen LogP contribution in [0, 0.1) is 0 Å². The van der Waals surface area contributed by atoms with Gasteiger partial charge < -0.3 is 15.1 Å². The Morgan fingerprint density at radius 1 is 1.14 bits per heavy atom. The molecule has 0 aliphatic carbocycles. The molecule has 1 aromatic carbocycles. The molecule has 1 aromatic heterocycles. The molecule has 0 bridgehead atoms. The Balaban J connectivity index is 1.57. The molecule has 2 unspecified atom stereocenters. The summed E-state index contributed by atoms with van der Waals surface area (Å²) >= 11 is 6.05. The molecule has 2 heterocycles. The zero-order chi connectivity index (χ0) is 19.9. The second kappa shape index (κ2) is 9.75. The van der Waals surface area contributed by atoms with Gasteiger partial charge >= 0.3 is 0 Å². The van der Waals surface area contributed by atoms with Crippen LogP contribution in [0.15, 0.2) is 47.1 Å². The van der Waals surface area contributed by atoms with Crippen molar-refractivity contribution in [3.63, 3.8) is 0 Å². The zero-order valence-electron chi connectivity index (χ0n) is 16.0. The fraction of sp³-hybridized carbons (Fsp3) is 0.429. The predicted molar refractivity (Wildman–Crippen MR) is 108 cm³/mol. The van der Waals surface area contributed by atoms with Gasteiger partial charge in [-0.1, -0.05) is 30.2 Å². The fourth-order valence-corrected chi connectivity index (χ4v) is 3.68. The van der Waals surface area contributed by atoms with Gasteiger partial charge in [0.25, 0.3) is 5.91 Å². The van der Waals surface area contributed by atoms with Crippen LogP contribution in [0.5, 0.6) is 0 Å². The number of hydrogen-bond donors (Lipinski definition) is 2. The second-order valence-electron chi connectivity index (χ2n) is 7.05. The van der Waals surface area contributed by atoms with E-state index in [2.05, 4.69) is 15.5 Å². The Hall–Kier alpha value is -2.31. The molecular weight excluding hydrogens is 378 g/mol. The Morgan fingerprint density at radius 3 is 2.57 bits per heavy atom. The molecule has 2 N–H and O–H groups in total. The summed E-state index contributed by atoms with van der Waals surface area (Å²) in [4.78, 5) is 27.2. The van der Waals surface area contributed by atoms with E-state index in [0.29, 0.717) is 17.1 Å². The molecule has 1 aliphatic heterocycles. The first-order valence-corrected chi connectivity index (χ1v) is 10.0. The molecule has 1 fully saturated rings. The average Bonchev–Trinajstić information content (AvgIpc) is 3.23. The van der Waals surface area contributed by atoms with Gasteiger partial charge in [-0.25, -0.2) is 0 Å². The third-order valence-corrected chi connectivity index (χ3v) is 5.36. The van der Waals surface area contributed by atoms with Crippen molar-refractivity contribution in [2.45, 2.75) is 38.3 Å². The highest BCUT2D eigenvalue weighted by molar-refractivity contribution is 6.33. The monoisotopic (exact) mass is 403 g/mol. The number of hydrogen-bond acceptors (Lipinski definition) is 4. The first-order chi connectivity index (χ1) is 13.6. The third-order valence-electron chi connectivity index (χ3n) is 5.03. The van der Waals surface area contributed by atoms with Crippen molar-refractivity contribution in [2.75, 3.05) is 19.6 Å². The molecular formula is C21H26ClN3O3. The quantitative estimate of drug-likeness (QED) is 0.743. The highest BCUT2D eigenvalue weighted by atomic mass is 35.5. The third kappa shape index (κ3) is 5.14. The Kier molecular flexibility index (Phi) is 7.12. The van der Waals surface area contributed by atoms with E-state index in [1.807, 2.05) is 12.1 Å². The van der Waals surface area contributed by atoms with Gasteiger partial charge in [0.15, 0.2) is 0 Å². The number of furan rings is 1. The Morgan fingerprint density at radius 2 is 1.89 bits per heavy atom. The van der Waals surface area contributed by atoms with E-state index < -0.39 is 6.04 Å². The van der Waals surface area contributed by atoms with Crippen molar-refractivity contribution < 1.29 is 14.0 Å². The maximum atomic E-state index is 12.5. The SMILES string of the molecule is CC(NC(=O)c1ccccc1Cl)C(=O)NCC(c1ccco1)N1CCCCC1. The van der Waals surface area contributed by atoms with Crippen molar-refractivity contribution in [3.8, 4) is 0 Å². The number of rotatable bonds is 7. The zero-order valence-corrected chi connectivity index (χ0v) is 16.7. The molecule has 1 saturated heterocycles. The standard InChI is InChI=1S/C21H26ClN3O3/c1-15(24-21(27)16-8-3-4-9-17(16)22)20(26)23-14-18(19-10-7-13-28-19)25-11-5-2-6-12-25/h3-4,7-10,13,15,18H,2,5-6,11-12,14H2,1H3,(H,23,26)(H,24,27). The molecule has 28 heavy (non-hydrogen) atoms. The van der Waals surface area contributed by atoms with Crippen molar-refractivity contribution in [1.29, 1.82) is 0 Å². The van der Waals surface area contributed by atoms with Crippen LogP contribution in [-0.2, 0) is 4.79 Å². The topological polar surface area (TPSA) is 74.6 Å². The first kappa shape index (κ1) is 20.4. The largest absolute Gasteiger partial charge is 0.468 e. The lowest BCUT2D eigenvalue weighted by Crippen LogP contribution is -2.47. The summed E-state index contributed by atoms with van der Waals surface area (Å²) in [5.41, 5.74) is 0.352. The minimum absolute atomic E-state index is 0.00859. The molecule has 7 heteroatoms. The van der Waals surface area contributed by atoms with E-state index >= 15 is 0 Å².